The summed E-state index contributed by atoms with van der Waals surface area (Å²) in [6.45, 7) is 2.96. The second-order valence-electron chi connectivity index (χ2n) is 4.93. The van der Waals surface area contributed by atoms with E-state index in [0.29, 0.717) is 13.2 Å². The van der Waals surface area contributed by atoms with E-state index in [-0.39, 0.29) is 21.8 Å². The van der Waals surface area contributed by atoms with Gasteiger partial charge in [0.15, 0.2) is 0 Å². The third-order valence-corrected chi connectivity index (χ3v) is 3.50. The Hall–Kier alpha value is -1.27. The van der Waals surface area contributed by atoms with Crippen LogP contribution in [0.3, 0.4) is 0 Å². The van der Waals surface area contributed by atoms with Gasteiger partial charge in [0.25, 0.3) is 0 Å². The highest BCUT2D eigenvalue weighted by Gasteiger charge is 2.30. The van der Waals surface area contributed by atoms with Crippen molar-refractivity contribution >= 4 is 22.9 Å². The van der Waals surface area contributed by atoms with Crippen molar-refractivity contribution < 1.29 is 13.5 Å². The molecule has 0 saturated carbocycles. The highest BCUT2D eigenvalue weighted by Crippen LogP contribution is 2.27. The molecule has 0 bridgehead atoms. The maximum atomic E-state index is 13.8. The first-order valence-corrected chi connectivity index (χ1v) is 6.49. The summed E-state index contributed by atoms with van der Waals surface area (Å²) in [6.07, 6.45) is 1.83. The van der Waals surface area contributed by atoms with Gasteiger partial charge < -0.3 is 15.8 Å². The minimum atomic E-state index is -0.704. The quantitative estimate of drug-likeness (QED) is 0.835. The second-order valence-corrected chi connectivity index (χ2v) is 5.37. The van der Waals surface area contributed by atoms with Gasteiger partial charge in [-0.3, -0.25) is 0 Å². The van der Waals surface area contributed by atoms with Crippen LogP contribution in [0.2, 0.25) is 0 Å². The molecule has 1 saturated heterocycles. The second kappa shape index (κ2) is 5.38. The zero-order valence-electron chi connectivity index (χ0n) is 10.6. The molecule has 1 aliphatic heterocycles. The lowest BCUT2D eigenvalue weighted by Gasteiger charge is -2.24. The van der Waals surface area contributed by atoms with Gasteiger partial charge in [-0.25, -0.2) is 8.78 Å². The molecule has 0 spiro atoms. The number of rotatable bonds is 4. The molecule has 3 N–H and O–H groups in total. The summed E-state index contributed by atoms with van der Waals surface area (Å²) >= 11 is 4.70. The SMILES string of the molecule is CC1(CNc2c(F)cc(C(N)=S)cc2F)CCCO1. The third-order valence-electron chi connectivity index (χ3n) is 3.27. The number of nitrogens with one attached hydrogen (secondary N) is 1. The zero-order valence-corrected chi connectivity index (χ0v) is 11.4. The average molecular weight is 286 g/mol. The van der Waals surface area contributed by atoms with Gasteiger partial charge in [-0.15, -0.1) is 0 Å². The van der Waals surface area contributed by atoms with E-state index in [1.165, 1.54) is 0 Å². The highest BCUT2D eigenvalue weighted by molar-refractivity contribution is 7.80. The monoisotopic (exact) mass is 286 g/mol. The summed E-state index contributed by atoms with van der Waals surface area (Å²) in [5.74, 6) is -1.41. The molecule has 19 heavy (non-hydrogen) atoms. The largest absolute Gasteiger partial charge is 0.389 e. The van der Waals surface area contributed by atoms with E-state index in [1.807, 2.05) is 6.92 Å². The van der Waals surface area contributed by atoms with Crippen molar-refractivity contribution in [2.24, 2.45) is 5.73 Å². The molecule has 1 aromatic rings. The maximum absolute atomic E-state index is 13.8. The van der Waals surface area contributed by atoms with Crippen molar-refractivity contribution in [1.82, 2.24) is 0 Å². The van der Waals surface area contributed by atoms with Crippen molar-refractivity contribution in [3.8, 4) is 0 Å². The lowest BCUT2D eigenvalue weighted by atomic mass is 10.0. The molecule has 1 atom stereocenters. The Labute approximate surface area is 116 Å². The zero-order chi connectivity index (χ0) is 14.0. The van der Waals surface area contributed by atoms with Crippen molar-refractivity contribution in [3.05, 3.63) is 29.3 Å². The van der Waals surface area contributed by atoms with Crippen LogP contribution in [0.1, 0.15) is 25.3 Å². The van der Waals surface area contributed by atoms with E-state index in [4.69, 9.17) is 22.7 Å². The number of hydrogen-bond donors (Lipinski definition) is 2. The Morgan fingerprint density at radius 3 is 2.58 bits per heavy atom. The van der Waals surface area contributed by atoms with Crippen LogP contribution in [0, 0.1) is 11.6 Å². The Morgan fingerprint density at radius 1 is 1.47 bits per heavy atom. The molecule has 3 nitrogen and oxygen atoms in total. The lowest BCUT2D eigenvalue weighted by Crippen LogP contribution is -2.33. The fourth-order valence-corrected chi connectivity index (χ4v) is 2.25. The van der Waals surface area contributed by atoms with Crippen LogP contribution < -0.4 is 11.1 Å². The van der Waals surface area contributed by atoms with Gasteiger partial charge in [0.2, 0.25) is 0 Å². The Bertz CT molecular complexity index is 478. The molecule has 104 valence electrons. The number of hydrogen-bond acceptors (Lipinski definition) is 3. The van der Waals surface area contributed by atoms with Gasteiger partial charge in [-0.05, 0) is 31.9 Å². The number of thiocarbonyl (C=S) groups is 1. The molecule has 6 heteroatoms. The smallest absolute Gasteiger partial charge is 0.150 e. The molecular weight excluding hydrogens is 270 g/mol. The molecule has 1 aliphatic rings. The third kappa shape index (κ3) is 3.19. The summed E-state index contributed by atoms with van der Waals surface area (Å²) in [5.41, 5.74) is 4.99. The average Bonchev–Trinajstić information content (AvgIpc) is 2.75. The van der Waals surface area contributed by atoms with E-state index in [0.717, 1.165) is 25.0 Å². The van der Waals surface area contributed by atoms with Gasteiger partial charge in [0.1, 0.15) is 22.3 Å². The minimum absolute atomic E-state index is 0.0320. The molecule has 1 fully saturated rings. The molecule has 1 heterocycles. The number of halogens is 2. The summed E-state index contributed by atoms with van der Waals surface area (Å²) in [6, 6.07) is 2.26. The predicted molar refractivity (Wildman–Crippen MR) is 74.3 cm³/mol. The number of ether oxygens (including phenoxy) is 1. The van der Waals surface area contributed by atoms with Crippen molar-refractivity contribution in [3.63, 3.8) is 0 Å². The summed E-state index contributed by atoms with van der Waals surface area (Å²) in [7, 11) is 0. The van der Waals surface area contributed by atoms with Crippen LogP contribution in [0.15, 0.2) is 12.1 Å². The van der Waals surface area contributed by atoms with Crippen molar-refractivity contribution in [2.45, 2.75) is 25.4 Å². The minimum Gasteiger partial charge on any atom is -0.389 e. The van der Waals surface area contributed by atoms with E-state index >= 15 is 0 Å². The maximum Gasteiger partial charge on any atom is 0.150 e. The fraction of sp³-hybridized carbons (Fsp3) is 0.462. The lowest BCUT2D eigenvalue weighted by molar-refractivity contribution is 0.0314. The first kappa shape index (κ1) is 14.1. The standard InChI is InChI=1S/C13H16F2N2OS/c1-13(3-2-4-18-13)7-17-11-9(14)5-8(12(16)19)6-10(11)15/h5-6,17H,2-4,7H2,1H3,(H2,16,19). The molecule has 2 rings (SSSR count). The van der Waals surface area contributed by atoms with Crippen molar-refractivity contribution in [2.75, 3.05) is 18.5 Å². The number of benzene rings is 1. The van der Waals surface area contributed by atoms with Gasteiger partial charge in [0.05, 0.1) is 5.60 Å². The molecule has 0 aliphatic carbocycles. The Kier molecular flexibility index (Phi) is 4.01. The summed E-state index contributed by atoms with van der Waals surface area (Å²) in [4.78, 5) is -0.0320. The van der Waals surface area contributed by atoms with E-state index in [2.05, 4.69) is 5.32 Å². The Balaban J connectivity index is 2.14. The normalized spacial score (nSPS) is 22.5. The van der Waals surface area contributed by atoms with E-state index < -0.39 is 11.6 Å². The van der Waals surface area contributed by atoms with Gasteiger partial charge >= 0.3 is 0 Å². The van der Waals surface area contributed by atoms with Crippen LogP contribution in [0.4, 0.5) is 14.5 Å². The van der Waals surface area contributed by atoms with Crippen LogP contribution in [0.5, 0.6) is 0 Å². The number of nitrogens with two attached hydrogens (primary N) is 1. The molecule has 1 aromatic carbocycles. The predicted octanol–water partition coefficient (Wildman–Crippen LogP) is 2.58. The van der Waals surface area contributed by atoms with Crippen molar-refractivity contribution in [1.29, 1.82) is 0 Å². The van der Waals surface area contributed by atoms with E-state index in [9.17, 15) is 8.78 Å². The molecule has 0 radical (unpaired) electrons. The number of anilines is 1. The topological polar surface area (TPSA) is 47.3 Å². The first-order valence-electron chi connectivity index (χ1n) is 6.08. The molecular formula is C13H16F2N2OS. The van der Waals surface area contributed by atoms with Gasteiger partial charge in [-0.1, -0.05) is 12.2 Å². The van der Waals surface area contributed by atoms with Crippen LogP contribution >= 0.6 is 12.2 Å². The van der Waals surface area contributed by atoms with Crippen LogP contribution in [-0.4, -0.2) is 23.7 Å². The highest BCUT2D eigenvalue weighted by atomic mass is 32.1. The first-order chi connectivity index (χ1) is 8.91. The molecule has 0 aromatic heterocycles. The Morgan fingerprint density at radius 2 is 2.11 bits per heavy atom. The van der Waals surface area contributed by atoms with Gasteiger partial charge in [-0.2, -0.15) is 0 Å². The van der Waals surface area contributed by atoms with Crippen LogP contribution in [0.25, 0.3) is 0 Å². The summed E-state index contributed by atoms with van der Waals surface area (Å²) in [5, 5.41) is 2.77. The van der Waals surface area contributed by atoms with E-state index in [1.54, 1.807) is 0 Å². The van der Waals surface area contributed by atoms with Crippen LogP contribution in [-0.2, 0) is 4.74 Å². The summed E-state index contributed by atoms with van der Waals surface area (Å²) < 4.78 is 33.2. The molecule has 1 unspecified atom stereocenters. The fourth-order valence-electron chi connectivity index (χ4n) is 2.14. The van der Waals surface area contributed by atoms with Gasteiger partial charge in [0, 0.05) is 18.7 Å². The molecule has 0 amide bonds.